The fourth-order valence-electron chi connectivity index (χ4n) is 5.24. The molecule has 0 radical (unpaired) electrons. The highest BCUT2D eigenvalue weighted by atomic mass is 16.3. The van der Waals surface area contributed by atoms with Crippen LogP contribution in [0.3, 0.4) is 0 Å². The van der Waals surface area contributed by atoms with Gasteiger partial charge in [-0.15, -0.1) is 0 Å². The predicted molar refractivity (Wildman–Crippen MR) is 128 cm³/mol. The third-order valence-corrected chi connectivity index (χ3v) is 7.29. The second-order valence-electron chi connectivity index (χ2n) is 9.65. The molecule has 0 bridgehead atoms. The average Bonchev–Trinajstić information content (AvgIpc) is 3.34. The highest BCUT2D eigenvalue weighted by Gasteiger charge is 2.46. The lowest BCUT2D eigenvalue weighted by Gasteiger charge is -2.37. The van der Waals surface area contributed by atoms with Crippen molar-refractivity contribution in [3.8, 4) is 0 Å². The van der Waals surface area contributed by atoms with E-state index in [1.807, 2.05) is 30.3 Å². The molecule has 1 atom stereocenters. The van der Waals surface area contributed by atoms with Gasteiger partial charge in [0.2, 0.25) is 0 Å². The Kier molecular flexibility index (Phi) is 9.15. The lowest BCUT2D eigenvalue weighted by atomic mass is 9.79. The Hall–Kier alpha value is -1.65. The van der Waals surface area contributed by atoms with Gasteiger partial charge in [-0.05, 0) is 57.4 Å². The molecule has 2 N–H and O–H groups in total. The molecule has 4 heteroatoms. The van der Waals surface area contributed by atoms with Crippen molar-refractivity contribution in [3.05, 3.63) is 47.5 Å². The minimum atomic E-state index is -1.41. The van der Waals surface area contributed by atoms with E-state index in [4.69, 9.17) is 0 Å². The number of aliphatic hydroxyl groups is 1. The number of nitrogens with one attached hydrogen (secondary N) is 1. The van der Waals surface area contributed by atoms with Gasteiger partial charge < -0.3 is 15.3 Å². The first kappa shape index (κ1) is 24.0. The van der Waals surface area contributed by atoms with Crippen molar-refractivity contribution in [1.29, 1.82) is 0 Å². The fourth-order valence-corrected chi connectivity index (χ4v) is 5.24. The summed E-state index contributed by atoms with van der Waals surface area (Å²) in [5.74, 6) is -0.184. The highest BCUT2D eigenvalue weighted by molar-refractivity contribution is 5.87. The number of rotatable bonds is 10. The Labute approximate surface area is 189 Å². The standard InChI is InChI=1S/C27H42N2O2/c1-3-4-11-22(2)12-10-19-29-20-17-25(18-21-29)28-26(30)27(31,24-15-8-9-16-24)23-13-6-5-7-14-23/h5-7,12-14,24-25,31H,3-4,8-11,15-21H2,1-2H3,(H,28,30). The summed E-state index contributed by atoms with van der Waals surface area (Å²) in [5.41, 5.74) is 0.841. The minimum absolute atomic E-state index is 0.0118. The van der Waals surface area contributed by atoms with Crippen LogP contribution in [0.4, 0.5) is 0 Å². The molecule has 2 fully saturated rings. The second-order valence-corrected chi connectivity index (χ2v) is 9.65. The van der Waals surface area contributed by atoms with Gasteiger partial charge >= 0.3 is 0 Å². The monoisotopic (exact) mass is 426 g/mol. The van der Waals surface area contributed by atoms with Crippen LogP contribution in [0.25, 0.3) is 0 Å². The third-order valence-electron chi connectivity index (χ3n) is 7.29. The molecule has 1 heterocycles. The number of piperidine rings is 1. The minimum Gasteiger partial charge on any atom is -0.375 e. The van der Waals surface area contributed by atoms with Crippen molar-refractivity contribution in [2.45, 2.75) is 89.7 Å². The molecule has 1 unspecified atom stereocenters. The van der Waals surface area contributed by atoms with Crippen LogP contribution in [0.15, 0.2) is 42.0 Å². The van der Waals surface area contributed by atoms with Crippen LogP contribution in [-0.2, 0) is 10.4 Å². The molecule has 1 amide bonds. The van der Waals surface area contributed by atoms with E-state index < -0.39 is 5.60 Å². The van der Waals surface area contributed by atoms with Gasteiger partial charge in [0.05, 0.1) is 0 Å². The summed E-state index contributed by atoms with van der Waals surface area (Å²) in [6.45, 7) is 7.61. The topological polar surface area (TPSA) is 52.6 Å². The van der Waals surface area contributed by atoms with E-state index in [-0.39, 0.29) is 17.9 Å². The summed E-state index contributed by atoms with van der Waals surface area (Å²) in [5, 5.41) is 14.9. The number of nitrogens with zero attached hydrogens (tertiary/aromatic N) is 1. The predicted octanol–water partition coefficient (Wildman–Crippen LogP) is 5.17. The summed E-state index contributed by atoms with van der Waals surface area (Å²) in [7, 11) is 0. The number of carbonyl (C=O) groups excluding carboxylic acids is 1. The molecular formula is C27H42N2O2. The number of hydrogen-bond acceptors (Lipinski definition) is 3. The van der Waals surface area contributed by atoms with Crippen LogP contribution >= 0.6 is 0 Å². The van der Waals surface area contributed by atoms with Gasteiger partial charge in [-0.3, -0.25) is 4.79 Å². The first-order valence-corrected chi connectivity index (χ1v) is 12.5. The van der Waals surface area contributed by atoms with Crippen molar-refractivity contribution in [3.63, 3.8) is 0 Å². The molecule has 172 valence electrons. The molecular weight excluding hydrogens is 384 g/mol. The molecule has 4 nitrogen and oxygen atoms in total. The average molecular weight is 427 g/mol. The van der Waals surface area contributed by atoms with Crippen molar-refractivity contribution in [2.75, 3.05) is 19.6 Å². The summed E-state index contributed by atoms with van der Waals surface area (Å²) in [6, 6.07) is 9.72. The Morgan fingerprint density at radius 3 is 2.48 bits per heavy atom. The SMILES string of the molecule is CCCCC(C)=CCCN1CCC(NC(=O)C(O)(c2ccccc2)C2CCCC2)CC1. The smallest absolute Gasteiger partial charge is 0.257 e. The van der Waals surface area contributed by atoms with Gasteiger partial charge in [-0.25, -0.2) is 0 Å². The normalized spacial score (nSPS) is 21.2. The third kappa shape index (κ3) is 6.43. The van der Waals surface area contributed by atoms with Crippen LogP contribution in [0.5, 0.6) is 0 Å². The zero-order valence-electron chi connectivity index (χ0n) is 19.6. The largest absolute Gasteiger partial charge is 0.375 e. The van der Waals surface area contributed by atoms with Crippen LogP contribution in [0.2, 0.25) is 0 Å². The summed E-state index contributed by atoms with van der Waals surface area (Å²) in [4.78, 5) is 15.9. The van der Waals surface area contributed by atoms with Crippen LogP contribution in [0, 0.1) is 5.92 Å². The van der Waals surface area contributed by atoms with E-state index >= 15 is 0 Å². The Morgan fingerprint density at radius 2 is 1.84 bits per heavy atom. The van der Waals surface area contributed by atoms with Crippen molar-refractivity contribution in [2.24, 2.45) is 5.92 Å². The van der Waals surface area contributed by atoms with Crippen molar-refractivity contribution in [1.82, 2.24) is 10.2 Å². The van der Waals surface area contributed by atoms with Crippen LogP contribution in [-0.4, -0.2) is 41.6 Å². The number of carbonyl (C=O) groups is 1. The molecule has 0 spiro atoms. The van der Waals surface area contributed by atoms with Crippen LogP contribution < -0.4 is 5.32 Å². The summed E-state index contributed by atoms with van der Waals surface area (Å²) < 4.78 is 0. The molecule has 31 heavy (non-hydrogen) atoms. The van der Waals surface area contributed by atoms with E-state index in [0.29, 0.717) is 0 Å². The molecule has 0 aromatic heterocycles. The van der Waals surface area contributed by atoms with E-state index in [9.17, 15) is 9.90 Å². The molecule has 2 aliphatic rings. The van der Waals surface area contributed by atoms with Gasteiger partial charge in [0.15, 0.2) is 5.60 Å². The highest BCUT2D eigenvalue weighted by Crippen LogP contribution is 2.41. The number of allylic oxidation sites excluding steroid dienone is 1. The number of benzene rings is 1. The molecule has 3 rings (SSSR count). The zero-order chi connectivity index (χ0) is 22.1. The maximum absolute atomic E-state index is 13.4. The Bertz CT molecular complexity index is 703. The second kappa shape index (κ2) is 11.8. The van der Waals surface area contributed by atoms with Gasteiger partial charge in [-0.2, -0.15) is 0 Å². The van der Waals surface area contributed by atoms with Gasteiger partial charge in [-0.1, -0.05) is 68.2 Å². The van der Waals surface area contributed by atoms with Crippen molar-refractivity contribution >= 4 is 5.91 Å². The number of amides is 1. The number of unbranched alkanes of at least 4 members (excludes halogenated alkanes) is 1. The maximum atomic E-state index is 13.4. The lowest BCUT2D eigenvalue weighted by Crippen LogP contribution is -2.54. The Morgan fingerprint density at radius 1 is 1.16 bits per heavy atom. The van der Waals surface area contributed by atoms with E-state index in [2.05, 4.69) is 30.1 Å². The van der Waals surface area contributed by atoms with Crippen LogP contribution in [0.1, 0.15) is 83.6 Å². The molecule has 1 aromatic rings. The maximum Gasteiger partial charge on any atom is 0.257 e. The lowest BCUT2D eigenvalue weighted by molar-refractivity contribution is -0.148. The molecule has 1 aliphatic heterocycles. The van der Waals surface area contributed by atoms with Gasteiger partial charge in [0.25, 0.3) is 5.91 Å². The van der Waals surface area contributed by atoms with E-state index in [0.717, 1.165) is 70.1 Å². The molecule has 1 saturated carbocycles. The fraction of sp³-hybridized carbons (Fsp3) is 0.667. The van der Waals surface area contributed by atoms with E-state index in [1.165, 1.54) is 24.8 Å². The van der Waals surface area contributed by atoms with E-state index in [1.54, 1.807) is 0 Å². The molecule has 1 saturated heterocycles. The molecule has 1 aromatic carbocycles. The number of likely N-dealkylation sites (tertiary alicyclic amines) is 1. The Balaban J connectivity index is 1.51. The van der Waals surface area contributed by atoms with Crippen molar-refractivity contribution < 1.29 is 9.90 Å². The number of hydrogen-bond donors (Lipinski definition) is 2. The quantitative estimate of drug-likeness (QED) is 0.507. The first-order valence-electron chi connectivity index (χ1n) is 12.5. The van der Waals surface area contributed by atoms with Gasteiger partial charge in [0.1, 0.15) is 0 Å². The summed E-state index contributed by atoms with van der Waals surface area (Å²) in [6.07, 6.45) is 13.2. The first-order chi connectivity index (χ1) is 15.0. The zero-order valence-corrected chi connectivity index (χ0v) is 19.6. The summed E-state index contributed by atoms with van der Waals surface area (Å²) >= 11 is 0. The molecule has 1 aliphatic carbocycles. The van der Waals surface area contributed by atoms with Gasteiger partial charge in [0, 0.05) is 31.6 Å².